The lowest BCUT2D eigenvalue weighted by atomic mass is 9.71. The van der Waals surface area contributed by atoms with E-state index >= 15 is 0 Å². The van der Waals surface area contributed by atoms with Crippen molar-refractivity contribution < 1.29 is 34.0 Å². The van der Waals surface area contributed by atoms with Crippen molar-refractivity contribution in [3.05, 3.63) is 21.1 Å². The maximum absolute atomic E-state index is 13.7. The normalized spacial score (nSPS) is 38.8. The number of rotatable bonds is 4. The fourth-order valence-electron chi connectivity index (χ4n) is 5.39. The maximum Gasteiger partial charge on any atom is 0.309 e. The average Bonchev–Trinajstić information content (AvgIpc) is 3.74. The predicted molar refractivity (Wildman–Crippen MR) is 145 cm³/mol. The molecule has 4 heterocycles. The number of carbonyl (C=O) groups is 2. The van der Waals surface area contributed by atoms with Gasteiger partial charge in [0, 0.05) is 17.7 Å². The van der Waals surface area contributed by atoms with E-state index in [1.807, 2.05) is 26.2 Å². The van der Waals surface area contributed by atoms with E-state index in [9.17, 15) is 19.8 Å². The van der Waals surface area contributed by atoms with Crippen LogP contribution in [0.25, 0.3) is 6.08 Å². The first-order chi connectivity index (χ1) is 17.8. The minimum atomic E-state index is -1.30. The highest BCUT2D eigenvalue weighted by molar-refractivity contribution is 7.09. The van der Waals surface area contributed by atoms with E-state index in [0.717, 1.165) is 24.3 Å². The molecule has 0 aromatic carbocycles. The summed E-state index contributed by atoms with van der Waals surface area (Å²) >= 11 is 8.16. The van der Waals surface area contributed by atoms with Crippen molar-refractivity contribution in [1.82, 2.24) is 4.98 Å². The fourth-order valence-corrected chi connectivity index (χ4v) is 6.21. The van der Waals surface area contributed by atoms with E-state index in [1.165, 1.54) is 11.3 Å². The van der Waals surface area contributed by atoms with Gasteiger partial charge in [0.25, 0.3) is 0 Å². The number of aliphatic hydroxyl groups excluding tert-OH is 2. The zero-order chi connectivity index (χ0) is 27.8. The molecule has 38 heavy (non-hydrogen) atoms. The first-order valence-corrected chi connectivity index (χ1v) is 14.7. The van der Waals surface area contributed by atoms with Gasteiger partial charge in [0.2, 0.25) is 0 Å². The van der Waals surface area contributed by atoms with Gasteiger partial charge in [0.05, 0.1) is 64.2 Å². The number of cyclic esters (lactones) is 1. The molecule has 3 fully saturated rings. The molecule has 0 saturated carbocycles. The molecule has 3 saturated heterocycles. The summed E-state index contributed by atoms with van der Waals surface area (Å²) < 4.78 is 17.2. The second-order valence-corrected chi connectivity index (χ2v) is 13.4. The van der Waals surface area contributed by atoms with Gasteiger partial charge in [-0.15, -0.1) is 11.3 Å². The quantitative estimate of drug-likeness (QED) is 0.403. The van der Waals surface area contributed by atoms with Crippen molar-refractivity contribution in [1.29, 1.82) is 0 Å². The highest BCUT2D eigenvalue weighted by Crippen LogP contribution is 2.45. The lowest BCUT2D eigenvalue weighted by Gasteiger charge is -2.36. The second-order valence-electron chi connectivity index (χ2n) is 11.9. The van der Waals surface area contributed by atoms with Crippen LogP contribution in [0.3, 0.4) is 0 Å². The van der Waals surface area contributed by atoms with Gasteiger partial charge in [-0.3, -0.25) is 9.59 Å². The zero-order valence-corrected chi connectivity index (χ0v) is 24.4. The zero-order valence-electron chi connectivity index (χ0n) is 22.8. The summed E-state index contributed by atoms with van der Waals surface area (Å²) in [7, 11) is 0. The summed E-state index contributed by atoms with van der Waals surface area (Å²) in [5, 5.41) is 25.4. The highest BCUT2D eigenvalue weighted by atomic mass is 35.5. The Morgan fingerprint density at radius 2 is 2.00 bits per heavy atom. The third kappa shape index (κ3) is 7.04. The van der Waals surface area contributed by atoms with Crippen LogP contribution < -0.4 is 0 Å². The number of thiazole rings is 1. The molecule has 0 spiro atoms. The van der Waals surface area contributed by atoms with Crippen LogP contribution in [0.5, 0.6) is 0 Å². The summed E-state index contributed by atoms with van der Waals surface area (Å²) in [6, 6.07) is 0. The van der Waals surface area contributed by atoms with Gasteiger partial charge in [0.15, 0.2) is 0 Å². The Labute approximate surface area is 233 Å². The Morgan fingerprint density at radius 3 is 2.63 bits per heavy atom. The van der Waals surface area contributed by atoms with Gasteiger partial charge in [-0.2, -0.15) is 0 Å². The SMILES string of the molecule is Cc1nc(C=C(Cl)C2CC3OC3(C)CCCC(C)C(O)C(CC3CO3)C(=O)C(C)(C)C(O)CC(=O)O2)cs1. The number of ketones is 1. The number of aliphatic hydroxyl groups is 2. The Bertz CT molecular complexity index is 1050. The van der Waals surface area contributed by atoms with E-state index in [4.69, 9.17) is 25.8 Å². The second kappa shape index (κ2) is 11.6. The smallest absolute Gasteiger partial charge is 0.309 e. The van der Waals surface area contributed by atoms with E-state index < -0.39 is 35.6 Å². The minimum Gasteiger partial charge on any atom is -0.456 e. The third-order valence-corrected chi connectivity index (χ3v) is 9.52. The van der Waals surface area contributed by atoms with Gasteiger partial charge in [0.1, 0.15) is 11.9 Å². The van der Waals surface area contributed by atoms with Crippen molar-refractivity contribution in [3.63, 3.8) is 0 Å². The molecule has 0 amide bonds. The number of ether oxygens (including phenoxy) is 3. The van der Waals surface area contributed by atoms with Crippen molar-refractivity contribution >= 4 is 40.8 Å². The van der Waals surface area contributed by atoms with E-state index in [2.05, 4.69) is 4.98 Å². The van der Waals surface area contributed by atoms with Crippen LogP contribution in [-0.2, 0) is 23.8 Å². The first kappa shape index (κ1) is 29.6. The number of Topliss-reactive ketones (excluding diaryl/α,β-unsaturated/α-hetero) is 1. The summed E-state index contributed by atoms with van der Waals surface area (Å²) in [6.45, 7) is 9.69. The summed E-state index contributed by atoms with van der Waals surface area (Å²) in [4.78, 5) is 31.2. The summed E-state index contributed by atoms with van der Waals surface area (Å²) in [6.07, 6.45) is 1.26. The van der Waals surface area contributed by atoms with Crippen molar-refractivity contribution in [2.45, 2.75) is 109 Å². The van der Waals surface area contributed by atoms with Crippen LogP contribution in [0.2, 0.25) is 0 Å². The number of hydrogen-bond acceptors (Lipinski definition) is 9. The molecular weight excluding hydrogens is 530 g/mol. The maximum atomic E-state index is 13.7. The Hall–Kier alpha value is -1.36. The number of halogens is 1. The van der Waals surface area contributed by atoms with Crippen LogP contribution in [0.1, 0.15) is 76.9 Å². The number of epoxide rings is 2. The lowest BCUT2D eigenvalue weighted by Crippen LogP contribution is -2.47. The summed E-state index contributed by atoms with van der Waals surface area (Å²) in [5.74, 6) is -1.75. The number of fused-ring (bicyclic) bond motifs is 1. The van der Waals surface area contributed by atoms with Gasteiger partial charge in [-0.1, -0.05) is 38.8 Å². The van der Waals surface area contributed by atoms with Gasteiger partial charge in [-0.05, 0) is 45.1 Å². The molecule has 0 aliphatic carbocycles. The van der Waals surface area contributed by atoms with Crippen molar-refractivity contribution in [2.24, 2.45) is 17.3 Å². The predicted octanol–water partition coefficient (Wildman–Crippen LogP) is 4.42. The van der Waals surface area contributed by atoms with E-state index in [0.29, 0.717) is 30.2 Å². The molecule has 8 atom stereocenters. The molecule has 0 radical (unpaired) electrons. The number of hydrogen-bond donors (Lipinski definition) is 2. The monoisotopic (exact) mass is 569 g/mol. The number of nitrogens with zero attached hydrogens (tertiary/aromatic N) is 1. The summed E-state index contributed by atoms with van der Waals surface area (Å²) in [5.41, 5.74) is -0.966. The Kier molecular flexibility index (Phi) is 9.06. The number of aryl methyl sites for hydroxylation is 1. The van der Waals surface area contributed by atoms with Gasteiger partial charge < -0.3 is 24.4 Å². The Balaban J connectivity index is 1.58. The van der Waals surface area contributed by atoms with Gasteiger partial charge in [-0.25, -0.2) is 4.98 Å². The molecule has 2 N–H and O–H groups in total. The lowest BCUT2D eigenvalue weighted by molar-refractivity contribution is -0.154. The molecule has 8 unspecified atom stereocenters. The van der Waals surface area contributed by atoms with Crippen LogP contribution in [0, 0.1) is 24.2 Å². The molecule has 10 heteroatoms. The molecule has 3 aliphatic rings. The molecule has 1 aromatic heterocycles. The van der Waals surface area contributed by atoms with Crippen LogP contribution in [-0.4, -0.2) is 69.7 Å². The molecule has 0 bridgehead atoms. The molecular formula is C28H40ClNO7S. The van der Waals surface area contributed by atoms with Crippen molar-refractivity contribution in [2.75, 3.05) is 6.61 Å². The molecule has 3 aliphatic heterocycles. The van der Waals surface area contributed by atoms with Gasteiger partial charge >= 0.3 is 5.97 Å². The largest absolute Gasteiger partial charge is 0.456 e. The standard InChI is InChI=1S/C28H40ClNO7S/c1-15-7-6-8-28(5)23(37-28)11-21(20(29)9-17-14-38-16(2)30-17)36-24(32)12-22(31)27(3,4)26(34)19(25(15)33)10-18-13-35-18/h9,14-15,18-19,21-23,25,31,33H,6-8,10-13H2,1-5H3. The van der Waals surface area contributed by atoms with Crippen LogP contribution in [0.4, 0.5) is 0 Å². The third-order valence-electron chi connectivity index (χ3n) is 8.38. The number of carbonyl (C=O) groups excluding carboxylic acids is 2. The first-order valence-electron chi connectivity index (χ1n) is 13.5. The molecule has 212 valence electrons. The average molecular weight is 570 g/mol. The van der Waals surface area contributed by atoms with Crippen LogP contribution >= 0.6 is 22.9 Å². The van der Waals surface area contributed by atoms with E-state index in [1.54, 1.807) is 19.9 Å². The fraction of sp³-hybridized carbons (Fsp3) is 0.750. The highest BCUT2D eigenvalue weighted by Gasteiger charge is 2.53. The molecule has 4 rings (SSSR count). The number of esters is 1. The Morgan fingerprint density at radius 1 is 1.29 bits per heavy atom. The van der Waals surface area contributed by atoms with E-state index in [-0.39, 0.29) is 35.9 Å². The van der Waals surface area contributed by atoms with Crippen LogP contribution in [0.15, 0.2) is 10.4 Å². The topological polar surface area (TPSA) is 122 Å². The molecule has 1 aromatic rings. The van der Waals surface area contributed by atoms with Crippen molar-refractivity contribution in [3.8, 4) is 0 Å². The minimum absolute atomic E-state index is 0.0648. The molecule has 8 nitrogen and oxygen atoms in total. The number of aromatic nitrogens is 1.